The number of hydrogen-bond acceptors (Lipinski definition) is 18. The van der Waals surface area contributed by atoms with Crippen molar-refractivity contribution < 1.29 is 76.6 Å². The molecule has 0 spiro atoms. The Labute approximate surface area is 770 Å². The summed E-state index contributed by atoms with van der Waals surface area (Å²) in [6, 6.07) is 9.47. The fourth-order valence-corrected chi connectivity index (χ4v) is 17.2. The number of benzene rings is 3. The van der Waals surface area contributed by atoms with Crippen LogP contribution in [-0.2, 0) is 96.0 Å². The van der Waals surface area contributed by atoms with Gasteiger partial charge in [-0.3, -0.25) is 57.5 Å². The van der Waals surface area contributed by atoms with Gasteiger partial charge in [0.2, 0.25) is 59.1 Å². The number of fused-ring (bicyclic) bond motifs is 1. The smallest absolute Gasteiger partial charge is 0.329 e. The van der Waals surface area contributed by atoms with Gasteiger partial charge >= 0.3 is 11.9 Å². The fraction of sp³-hybridized carbons (Fsp3) is 0.629. The van der Waals surface area contributed by atoms with Gasteiger partial charge in [0.05, 0.1) is 12.1 Å². The maximum atomic E-state index is 15.8. The van der Waals surface area contributed by atoms with Crippen LogP contribution in [-0.4, -0.2) is 244 Å². The maximum absolute atomic E-state index is 15.8. The van der Waals surface area contributed by atoms with Crippen LogP contribution in [0.5, 0.6) is 0 Å². The first-order valence-electron chi connectivity index (χ1n) is 45.7. The average molecular weight is 1850 g/mol. The van der Waals surface area contributed by atoms with Crippen molar-refractivity contribution >= 4 is 110 Å². The lowest BCUT2D eigenvalue weighted by atomic mass is 9.95. The average Bonchev–Trinajstić information content (AvgIpc) is 1.57. The van der Waals surface area contributed by atoms with Crippen molar-refractivity contribution in [1.29, 1.82) is 10.5 Å². The minimum absolute atomic E-state index is 0.0695. The third-order valence-electron chi connectivity index (χ3n) is 24.4. The number of nitrogens with zero attached hydrogens (tertiary/aromatic N) is 9. The second kappa shape index (κ2) is 48.2. The van der Waals surface area contributed by atoms with Gasteiger partial charge in [0, 0.05) is 109 Å². The molecule has 0 radical (unpaired) electrons. The van der Waals surface area contributed by atoms with Crippen LogP contribution >= 0.6 is 15.9 Å². The van der Waals surface area contributed by atoms with Gasteiger partial charge in [-0.25, -0.2) is 9.59 Å². The number of cyclic esters (lactones) is 2. The molecule has 2 saturated heterocycles. The number of para-hydroxylation sites is 1. The molecule has 32 heteroatoms. The summed E-state index contributed by atoms with van der Waals surface area (Å²) in [4.78, 5) is 217. The van der Waals surface area contributed by atoms with Gasteiger partial charge in [-0.15, -0.1) is 0 Å². The van der Waals surface area contributed by atoms with Crippen LogP contribution in [0.1, 0.15) is 217 Å². The Morgan fingerprint density at radius 3 is 1.16 bits per heavy atom. The number of nitrogens with one attached hydrogen (secondary N) is 6. The molecule has 706 valence electrons. The zero-order chi connectivity index (χ0) is 96.0. The van der Waals surface area contributed by atoms with E-state index in [2.05, 4.69) is 47.8 Å². The molecule has 1 saturated carbocycles. The summed E-state index contributed by atoms with van der Waals surface area (Å²) in [7, 11) is 8.60. The molecule has 3 fully saturated rings. The standard InChI is InChI=1S/C97H140BrN15O16/c1-54(2)40-71-90(120)107(17)61(15)96(126)128-82(32-26-38-99)88(118)105-75(44-58(9)10)94(124)109(19)78(45-59(11)12)84(114)103-73(42-56(5)6)92(122)111(21)80(86(116)101-71)50-64-28-25-29-66(47-64)69-48-65(36-37-70(69)98)52-113-53-67(68-30-23-24-31-77(68)113)51-81-87(117)102-72(41-55(3)4)91(121)108(18)62(16)97(127)129-83(33-27-39-100)89(119)106-76(49-63-34-35-63)95(125)110(20)79(46-60(13)14)85(115)104-74(43-57(7)8)93(123)112(81)22/h23-25,28-31,36-37,47-48,53-63,71-76,78-83H,26-27,32-35,40-46,49-52H2,1-22H3,(H,101,116)(H,102,117)(H,103,114)(H,104,115)(H,105,118)(H,106,119)/t61-,62-,71-,72-,73-,74-,75-,76-,78-,79-,80-,81-,82+,83+/m0/s1. The molecule has 12 amide bonds. The number of carbonyl (C=O) groups excluding carboxylic acids is 14. The number of hydrogen-bond donors (Lipinski definition) is 6. The van der Waals surface area contributed by atoms with E-state index in [9.17, 15) is 44.1 Å². The van der Waals surface area contributed by atoms with Crippen molar-refractivity contribution in [2.75, 3.05) is 42.3 Å². The van der Waals surface area contributed by atoms with Crippen molar-refractivity contribution in [3.05, 3.63) is 94.1 Å². The van der Waals surface area contributed by atoms with Gasteiger partial charge < -0.3 is 75.3 Å². The number of likely N-dealkylation sites (N-methyl/N-ethyl adjacent to an activating group) is 6. The second-order valence-electron chi connectivity index (χ2n) is 38.5. The van der Waals surface area contributed by atoms with Gasteiger partial charge in [0.1, 0.15) is 72.5 Å². The Hall–Kier alpha value is -10.8. The summed E-state index contributed by atoms with van der Waals surface area (Å²) in [6.07, 6.45) is 0.0943. The summed E-state index contributed by atoms with van der Waals surface area (Å²) < 4.78 is 14.4. The third-order valence-corrected chi connectivity index (χ3v) is 25.1. The first-order chi connectivity index (χ1) is 60.7. The highest BCUT2D eigenvalue weighted by Crippen LogP contribution is 2.36. The zero-order valence-electron chi connectivity index (χ0n) is 79.6. The van der Waals surface area contributed by atoms with Gasteiger partial charge in [-0.1, -0.05) is 174 Å². The number of nitriles is 2. The Morgan fingerprint density at radius 1 is 0.403 bits per heavy atom. The van der Waals surface area contributed by atoms with E-state index in [-0.39, 0.29) is 144 Å². The quantitative estimate of drug-likeness (QED) is 0.0302. The van der Waals surface area contributed by atoms with Crippen molar-refractivity contribution in [3.63, 3.8) is 0 Å². The predicted octanol–water partition coefficient (Wildman–Crippen LogP) is 9.70. The molecule has 0 unspecified atom stereocenters. The Bertz CT molecular complexity index is 4740. The van der Waals surface area contributed by atoms with E-state index < -0.39 is 168 Å². The van der Waals surface area contributed by atoms with Crippen LogP contribution in [0.25, 0.3) is 22.0 Å². The van der Waals surface area contributed by atoms with Gasteiger partial charge in [0.15, 0.2) is 12.2 Å². The number of halogens is 1. The highest BCUT2D eigenvalue weighted by Gasteiger charge is 2.45. The van der Waals surface area contributed by atoms with Crippen LogP contribution < -0.4 is 31.9 Å². The Kier molecular flexibility index (Phi) is 39.4. The van der Waals surface area contributed by atoms with E-state index in [0.29, 0.717) is 21.2 Å². The number of esters is 2. The van der Waals surface area contributed by atoms with E-state index in [4.69, 9.17) is 9.47 Å². The van der Waals surface area contributed by atoms with Crippen molar-refractivity contribution in [3.8, 4) is 23.3 Å². The molecule has 2 aliphatic heterocycles. The number of rotatable bonds is 27. The topological polar surface area (TPSA) is 402 Å². The maximum Gasteiger partial charge on any atom is 0.329 e. The predicted molar refractivity (Wildman–Crippen MR) is 493 cm³/mol. The van der Waals surface area contributed by atoms with Gasteiger partial charge in [-0.05, 0) is 159 Å². The summed E-state index contributed by atoms with van der Waals surface area (Å²) in [5.74, 6) is -11.7. The lowest BCUT2D eigenvalue weighted by Gasteiger charge is -2.35. The van der Waals surface area contributed by atoms with Crippen LogP contribution in [0, 0.1) is 70.0 Å². The summed E-state index contributed by atoms with van der Waals surface area (Å²) in [5, 5.41) is 37.7. The lowest BCUT2D eigenvalue weighted by Crippen LogP contribution is -2.60. The van der Waals surface area contributed by atoms with Crippen molar-refractivity contribution in [2.45, 2.75) is 305 Å². The van der Waals surface area contributed by atoms with E-state index in [1.54, 1.807) is 6.07 Å². The summed E-state index contributed by atoms with van der Waals surface area (Å²) >= 11 is 3.84. The number of ether oxygens (including phenoxy) is 2. The molecule has 0 bridgehead atoms. The van der Waals surface area contributed by atoms with Crippen LogP contribution in [0.15, 0.2) is 77.4 Å². The lowest BCUT2D eigenvalue weighted by molar-refractivity contribution is -0.163. The van der Waals surface area contributed by atoms with E-state index >= 15 is 33.6 Å². The molecule has 3 heterocycles. The molecule has 14 atom stereocenters. The van der Waals surface area contributed by atoms with Crippen molar-refractivity contribution in [1.82, 2.24) is 65.9 Å². The van der Waals surface area contributed by atoms with Crippen LogP contribution in [0.3, 0.4) is 0 Å². The van der Waals surface area contributed by atoms with Crippen molar-refractivity contribution in [2.24, 2.45) is 47.3 Å². The molecule has 4 aromatic rings. The van der Waals surface area contributed by atoms with Gasteiger partial charge in [0.25, 0.3) is 11.8 Å². The highest BCUT2D eigenvalue weighted by atomic mass is 79.9. The second-order valence-corrected chi connectivity index (χ2v) is 39.4. The van der Waals surface area contributed by atoms with Crippen LogP contribution in [0.2, 0.25) is 0 Å². The Balaban J connectivity index is 1.31. The molecular formula is C97H140BrN15O16. The monoisotopic (exact) mass is 1850 g/mol. The number of aromatic nitrogens is 1. The minimum atomic E-state index is -1.58. The highest BCUT2D eigenvalue weighted by molar-refractivity contribution is 9.10. The first kappa shape index (κ1) is 105. The SMILES string of the molecule is CC(C)C[C@@H]1NC(=O)[C@H](Cc2cccc(-c3cc(Cn4cc(C[C@H]5C(=O)N[C@@H](CC(C)C)C(=O)N(C)[C@@H](C)C(=O)O[C@H](CCC#N)C(=O)N[C@@H](CC6CC6)C(=O)N(C)[C@@H](CC(C)C)C(=O)N[C@@H](CC(C)C)C(=O)N5C)c5ccccc54)ccc3Br)c2)N(C)C(=O)[C@H](CC(C)C)NC(=O)[C@H](CC(C)C)N(C)C(=O)[C@H](CC(C)C)NC(=O)[C@@H](CCC#N)OC(=O)[C@H](C)N(C)C1=O. The summed E-state index contributed by atoms with van der Waals surface area (Å²) in [5.41, 5.74) is 4.15. The minimum Gasteiger partial charge on any atom is -0.451 e. The molecule has 7 rings (SSSR count). The number of amides is 12. The van der Waals surface area contributed by atoms with E-state index in [0.717, 1.165) is 44.7 Å². The normalized spacial score (nSPS) is 24.8. The van der Waals surface area contributed by atoms with E-state index in [1.807, 2.05) is 180 Å². The number of carbonyl (C=O) groups is 14. The first-order valence-corrected chi connectivity index (χ1v) is 46.5. The van der Waals surface area contributed by atoms with Gasteiger partial charge in [-0.2, -0.15) is 10.5 Å². The molecule has 6 N–H and O–H groups in total. The van der Waals surface area contributed by atoms with Crippen LogP contribution in [0.4, 0.5) is 0 Å². The molecular weight excluding hydrogens is 1710 g/mol. The fourth-order valence-electron chi connectivity index (χ4n) is 16.7. The third kappa shape index (κ3) is 29.4. The van der Waals surface area contributed by atoms with E-state index in [1.165, 1.54) is 75.7 Å². The molecule has 3 aromatic carbocycles. The molecule has 1 aliphatic carbocycles. The molecule has 1 aromatic heterocycles. The zero-order valence-corrected chi connectivity index (χ0v) is 81.2. The summed E-state index contributed by atoms with van der Waals surface area (Å²) in [6.45, 7) is 29.2. The molecule has 31 nitrogen and oxygen atoms in total. The Morgan fingerprint density at radius 2 is 0.760 bits per heavy atom. The molecule has 129 heavy (non-hydrogen) atoms. The molecule has 3 aliphatic rings. The largest absolute Gasteiger partial charge is 0.451 e.